The summed E-state index contributed by atoms with van der Waals surface area (Å²) in [5, 5.41) is 2.85. The van der Waals surface area contributed by atoms with Gasteiger partial charge in [-0.2, -0.15) is 0 Å². The lowest BCUT2D eigenvalue weighted by atomic mass is 10.3. The quantitative estimate of drug-likeness (QED) is 0.855. The Morgan fingerprint density at radius 3 is 2.85 bits per heavy atom. The highest BCUT2D eigenvalue weighted by atomic mass is 35.5. The highest BCUT2D eigenvalue weighted by Crippen LogP contribution is 2.22. The molecule has 0 atom stereocenters. The Bertz CT molecular complexity index is 610. The molecule has 1 heterocycles. The summed E-state index contributed by atoms with van der Waals surface area (Å²) >= 11 is 5.85. The van der Waals surface area contributed by atoms with Crippen molar-refractivity contribution in [2.75, 3.05) is 11.9 Å². The number of benzene rings is 1. The van der Waals surface area contributed by atoms with E-state index in [1.807, 2.05) is 6.92 Å². The highest BCUT2D eigenvalue weighted by Gasteiger charge is 2.10. The van der Waals surface area contributed by atoms with Gasteiger partial charge < -0.3 is 10.1 Å². The first-order valence-corrected chi connectivity index (χ1v) is 6.30. The number of ether oxygens (including phenoxy) is 1. The minimum atomic E-state index is -0.978. The minimum absolute atomic E-state index is 0.0258. The number of nitrogens with zero attached hydrogens (tertiary/aromatic N) is 2. The average molecular weight is 300 g/mol. The van der Waals surface area contributed by atoms with E-state index in [1.165, 1.54) is 18.2 Å². The molecular formula is C13H12ClF2N3O. The SMILES string of the molecule is CCOCc1nc(Cl)cc(Nc2cccc(F)c2F)n1. The summed E-state index contributed by atoms with van der Waals surface area (Å²) in [6, 6.07) is 5.25. The molecule has 0 saturated heterocycles. The molecule has 20 heavy (non-hydrogen) atoms. The van der Waals surface area contributed by atoms with E-state index in [1.54, 1.807) is 0 Å². The van der Waals surface area contributed by atoms with E-state index in [0.717, 1.165) is 6.07 Å². The van der Waals surface area contributed by atoms with Crippen LogP contribution in [-0.4, -0.2) is 16.6 Å². The van der Waals surface area contributed by atoms with Crippen LogP contribution in [-0.2, 0) is 11.3 Å². The molecule has 2 aromatic rings. The van der Waals surface area contributed by atoms with E-state index in [4.69, 9.17) is 16.3 Å². The Morgan fingerprint density at radius 2 is 2.10 bits per heavy atom. The van der Waals surface area contributed by atoms with Gasteiger partial charge in [0.25, 0.3) is 0 Å². The molecule has 4 nitrogen and oxygen atoms in total. The predicted octanol–water partition coefficient (Wildman–Crippen LogP) is 3.69. The van der Waals surface area contributed by atoms with Gasteiger partial charge in [0, 0.05) is 12.7 Å². The van der Waals surface area contributed by atoms with Crippen molar-refractivity contribution in [2.45, 2.75) is 13.5 Å². The van der Waals surface area contributed by atoms with Crippen LogP contribution in [0.1, 0.15) is 12.7 Å². The molecule has 2 rings (SSSR count). The van der Waals surface area contributed by atoms with Crippen molar-refractivity contribution >= 4 is 23.1 Å². The van der Waals surface area contributed by atoms with Gasteiger partial charge in [-0.1, -0.05) is 17.7 Å². The first-order valence-electron chi connectivity index (χ1n) is 5.92. The number of halogens is 3. The molecule has 0 aliphatic rings. The highest BCUT2D eigenvalue weighted by molar-refractivity contribution is 6.29. The van der Waals surface area contributed by atoms with Crippen molar-refractivity contribution in [1.82, 2.24) is 9.97 Å². The maximum atomic E-state index is 13.6. The summed E-state index contributed by atoms with van der Waals surface area (Å²) < 4.78 is 31.8. The second-order valence-electron chi connectivity index (χ2n) is 3.86. The van der Waals surface area contributed by atoms with Gasteiger partial charge in [0.05, 0.1) is 5.69 Å². The van der Waals surface area contributed by atoms with Crippen molar-refractivity contribution in [3.05, 3.63) is 46.9 Å². The van der Waals surface area contributed by atoms with Crippen molar-refractivity contribution in [3.63, 3.8) is 0 Å². The van der Waals surface area contributed by atoms with E-state index in [0.29, 0.717) is 12.4 Å². The molecule has 1 aromatic carbocycles. The molecule has 1 aromatic heterocycles. The van der Waals surface area contributed by atoms with Crippen LogP contribution in [0, 0.1) is 11.6 Å². The molecule has 106 valence electrons. The largest absolute Gasteiger partial charge is 0.374 e. The smallest absolute Gasteiger partial charge is 0.182 e. The zero-order valence-electron chi connectivity index (χ0n) is 10.7. The number of hydrogen-bond acceptors (Lipinski definition) is 4. The van der Waals surface area contributed by atoms with E-state index in [9.17, 15) is 8.78 Å². The molecule has 0 saturated carbocycles. The summed E-state index contributed by atoms with van der Waals surface area (Å²) in [6.45, 7) is 2.54. The standard InChI is InChI=1S/C13H12ClF2N3O/c1-2-20-7-12-18-10(14)6-11(19-12)17-9-5-3-4-8(15)13(9)16/h3-6H,2,7H2,1H3,(H,17,18,19). The Labute approximate surface area is 119 Å². The molecule has 0 aliphatic heterocycles. The van der Waals surface area contributed by atoms with Gasteiger partial charge in [0.2, 0.25) is 0 Å². The van der Waals surface area contributed by atoms with Crippen molar-refractivity contribution in [2.24, 2.45) is 0 Å². The fourth-order valence-corrected chi connectivity index (χ4v) is 1.73. The van der Waals surface area contributed by atoms with Crippen LogP contribution in [0.5, 0.6) is 0 Å². The minimum Gasteiger partial charge on any atom is -0.374 e. The van der Waals surface area contributed by atoms with E-state index in [2.05, 4.69) is 15.3 Å². The van der Waals surface area contributed by atoms with Crippen molar-refractivity contribution < 1.29 is 13.5 Å². The number of rotatable bonds is 5. The Hall–Kier alpha value is -1.79. The van der Waals surface area contributed by atoms with Gasteiger partial charge in [-0.25, -0.2) is 18.7 Å². The van der Waals surface area contributed by atoms with Crippen molar-refractivity contribution in [1.29, 1.82) is 0 Å². The van der Waals surface area contributed by atoms with Crippen LogP contribution in [0.3, 0.4) is 0 Å². The molecule has 1 N–H and O–H groups in total. The maximum Gasteiger partial charge on any atom is 0.182 e. The first kappa shape index (κ1) is 14.6. The van der Waals surface area contributed by atoms with Gasteiger partial charge in [0.15, 0.2) is 17.5 Å². The van der Waals surface area contributed by atoms with Crippen LogP contribution in [0.2, 0.25) is 5.15 Å². The van der Waals surface area contributed by atoms with E-state index >= 15 is 0 Å². The molecule has 0 radical (unpaired) electrons. The van der Waals surface area contributed by atoms with Crippen LogP contribution >= 0.6 is 11.6 Å². The van der Waals surface area contributed by atoms with Gasteiger partial charge >= 0.3 is 0 Å². The van der Waals surface area contributed by atoms with E-state index < -0.39 is 11.6 Å². The third-order valence-electron chi connectivity index (χ3n) is 2.39. The maximum absolute atomic E-state index is 13.6. The molecule has 0 unspecified atom stereocenters. The lowest BCUT2D eigenvalue weighted by molar-refractivity contribution is 0.128. The van der Waals surface area contributed by atoms with E-state index in [-0.39, 0.29) is 23.3 Å². The second kappa shape index (κ2) is 6.58. The molecule has 0 spiro atoms. The number of anilines is 2. The zero-order valence-corrected chi connectivity index (χ0v) is 11.4. The number of hydrogen-bond donors (Lipinski definition) is 1. The zero-order chi connectivity index (χ0) is 14.5. The van der Waals surface area contributed by atoms with Crippen LogP contribution in [0.4, 0.5) is 20.3 Å². The number of nitrogens with one attached hydrogen (secondary N) is 1. The monoisotopic (exact) mass is 299 g/mol. The Kier molecular flexibility index (Phi) is 4.81. The summed E-state index contributed by atoms with van der Waals surface area (Å²) in [4.78, 5) is 8.09. The summed E-state index contributed by atoms with van der Waals surface area (Å²) in [5.41, 5.74) is -0.0258. The van der Waals surface area contributed by atoms with Gasteiger partial charge in [-0.3, -0.25) is 0 Å². The molecule has 7 heteroatoms. The third-order valence-corrected chi connectivity index (χ3v) is 2.58. The summed E-state index contributed by atoms with van der Waals surface area (Å²) in [6.07, 6.45) is 0. The normalized spacial score (nSPS) is 10.6. The molecular weight excluding hydrogens is 288 g/mol. The lowest BCUT2D eigenvalue weighted by Crippen LogP contribution is -2.04. The molecule has 0 fully saturated rings. The van der Waals surface area contributed by atoms with Crippen molar-refractivity contribution in [3.8, 4) is 0 Å². The summed E-state index contributed by atoms with van der Waals surface area (Å²) in [5.74, 6) is -1.29. The third kappa shape index (κ3) is 3.61. The van der Waals surface area contributed by atoms with Gasteiger partial charge in [-0.05, 0) is 19.1 Å². The summed E-state index contributed by atoms with van der Waals surface area (Å²) in [7, 11) is 0. The second-order valence-corrected chi connectivity index (χ2v) is 4.24. The Balaban J connectivity index is 2.24. The van der Waals surface area contributed by atoms with Crippen LogP contribution in [0.15, 0.2) is 24.3 Å². The first-order chi connectivity index (χ1) is 9.60. The fraction of sp³-hybridized carbons (Fsp3) is 0.231. The lowest BCUT2D eigenvalue weighted by Gasteiger charge is -2.09. The van der Waals surface area contributed by atoms with Gasteiger partial charge in [0.1, 0.15) is 17.6 Å². The predicted molar refractivity (Wildman–Crippen MR) is 72.0 cm³/mol. The molecule has 0 amide bonds. The number of aromatic nitrogens is 2. The topological polar surface area (TPSA) is 47.0 Å². The molecule has 0 bridgehead atoms. The Morgan fingerprint density at radius 1 is 1.30 bits per heavy atom. The molecule has 0 aliphatic carbocycles. The van der Waals surface area contributed by atoms with Crippen LogP contribution < -0.4 is 5.32 Å². The van der Waals surface area contributed by atoms with Gasteiger partial charge in [-0.15, -0.1) is 0 Å². The van der Waals surface area contributed by atoms with Crippen LogP contribution in [0.25, 0.3) is 0 Å². The average Bonchev–Trinajstić information content (AvgIpc) is 2.41. The fourth-order valence-electron chi connectivity index (χ4n) is 1.52.